The Bertz CT molecular complexity index is 510. The highest BCUT2D eigenvalue weighted by Gasteiger charge is 2.10. The number of carbonyl (C=O) groups excluding carboxylic acids is 1. The smallest absolute Gasteiger partial charge is 0.303 e. The summed E-state index contributed by atoms with van der Waals surface area (Å²) in [6.45, 7) is 1.69. The van der Waals surface area contributed by atoms with Gasteiger partial charge in [-0.1, -0.05) is 27.5 Å². The first kappa shape index (κ1) is 17.8. The molecule has 1 amide bonds. The standard InChI is InChI=1S/C14H17BrClNO4/c1-9(3-2-4-14(19)20)17-13(18)8-21-12-6-5-10(15)7-11(12)16/h5-7,9H,2-4,8H2,1H3,(H,17,18)(H,19,20). The Labute approximate surface area is 136 Å². The molecule has 0 aliphatic heterocycles. The summed E-state index contributed by atoms with van der Waals surface area (Å²) >= 11 is 9.26. The van der Waals surface area contributed by atoms with Gasteiger partial charge in [0.25, 0.3) is 5.91 Å². The molecule has 21 heavy (non-hydrogen) atoms. The summed E-state index contributed by atoms with van der Waals surface area (Å²) in [6.07, 6.45) is 1.23. The lowest BCUT2D eigenvalue weighted by Crippen LogP contribution is -2.36. The van der Waals surface area contributed by atoms with Crippen molar-refractivity contribution in [3.8, 4) is 5.75 Å². The Morgan fingerprint density at radius 1 is 1.48 bits per heavy atom. The molecule has 1 aromatic rings. The summed E-state index contributed by atoms with van der Waals surface area (Å²) < 4.78 is 6.17. The number of carboxylic acid groups (broad SMARTS) is 1. The second-order valence-electron chi connectivity index (χ2n) is 4.62. The molecule has 2 N–H and O–H groups in total. The summed E-state index contributed by atoms with van der Waals surface area (Å²) in [5.41, 5.74) is 0. The highest BCUT2D eigenvalue weighted by atomic mass is 79.9. The first-order valence-corrected chi connectivity index (χ1v) is 7.64. The van der Waals surface area contributed by atoms with E-state index in [0.29, 0.717) is 23.6 Å². The monoisotopic (exact) mass is 377 g/mol. The summed E-state index contributed by atoms with van der Waals surface area (Å²) in [4.78, 5) is 22.1. The fourth-order valence-corrected chi connectivity index (χ4v) is 2.41. The van der Waals surface area contributed by atoms with Crippen LogP contribution in [0.2, 0.25) is 5.02 Å². The molecule has 0 heterocycles. The van der Waals surface area contributed by atoms with Crippen molar-refractivity contribution in [1.82, 2.24) is 5.32 Å². The Morgan fingerprint density at radius 3 is 2.81 bits per heavy atom. The molecule has 1 unspecified atom stereocenters. The lowest BCUT2D eigenvalue weighted by atomic mass is 10.1. The van der Waals surface area contributed by atoms with Crippen molar-refractivity contribution in [2.45, 2.75) is 32.2 Å². The zero-order chi connectivity index (χ0) is 15.8. The summed E-state index contributed by atoms with van der Waals surface area (Å²) in [5, 5.41) is 11.7. The molecule has 0 radical (unpaired) electrons. The largest absolute Gasteiger partial charge is 0.482 e. The van der Waals surface area contributed by atoms with Crippen LogP contribution in [0, 0.1) is 0 Å². The van der Waals surface area contributed by atoms with Crippen LogP contribution in [0.15, 0.2) is 22.7 Å². The van der Waals surface area contributed by atoms with Crippen molar-refractivity contribution in [1.29, 1.82) is 0 Å². The van der Waals surface area contributed by atoms with Crippen LogP contribution in [0.4, 0.5) is 0 Å². The minimum absolute atomic E-state index is 0.0964. The van der Waals surface area contributed by atoms with E-state index in [1.165, 1.54) is 0 Å². The molecule has 0 aliphatic carbocycles. The fraction of sp³-hybridized carbons (Fsp3) is 0.429. The Balaban J connectivity index is 2.31. The molecule has 1 aromatic carbocycles. The number of amides is 1. The number of rotatable bonds is 8. The number of benzene rings is 1. The maximum Gasteiger partial charge on any atom is 0.303 e. The third-order valence-electron chi connectivity index (χ3n) is 2.69. The maximum atomic E-state index is 11.7. The van der Waals surface area contributed by atoms with Crippen molar-refractivity contribution < 1.29 is 19.4 Å². The molecule has 0 bridgehead atoms. The molecule has 116 valence electrons. The average molecular weight is 379 g/mol. The molecule has 0 spiro atoms. The second-order valence-corrected chi connectivity index (χ2v) is 5.94. The van der Waals surface area contributed by atoms with E-state index in [4.69, 9.17) is 21.4 Å². The predicted octanol–water partition coefficient (Wildman–Crippen LogP) is 3.24. The Kier molecular flexibility index (Phi) is 7.53. The minimum atomic E-state index is -0.832. The predicted molar refractivity (Wildman–Crippen MR) is 83.7 cm³/mol. The number of ether oxygens (including phenoxy) is 1. The minimum Gasteiger partial charge on any atom is -0.482 e. The number of halogens is 2. The van der Waals surface area contributed by atoms with Crippen LogP contribution in [-0.4, -0.2) is 29.6 Å². The number of hydrogen-bond acceptors (Lipinski definition) is 3. The zero-order valence-corrected chi connectivity index (χ0v) is 13.9. The van der Waals surface area contributed by atoms with Gasteiger partial charge in [-0.3, -0.25) is 9.59 Å². The molecule has 1 rings (SSSR count). The van der Waals surface area contributed by atoms with Gasteiger partial charge in [0.15, 0.2) is 6.61 Å². The van der Waals surface area contributed by atoms with Gasteiger partial charge in [-0.25, -0.2) is 0 Å². The van der Waals surface area contributed by atoms with Crippen molar-refractivity contribution in [3.63, 3.8) is 0 Å². The zero-order valence-electron chi connectivity index (χ0n) is 11.6. The van der Waals surface area contributed by atoms with Crippen LogP contribution in [0.3, 0.4) is 0 Å². The molecule has 0 aliphatic rings. The Hall–Kier alpha value is -1.27. The third-order valence-corrected chi connectivity index (χ3v) is 3.48. The molecule has 5 nitrogen and oxygen atoms in total. The van der Waals surface area contributed by atoms with Crippen LogP contribution in [0.5, 0.6) is 5.75 Å². The van der Waals surface area contributed by atoms with E-state index < -0.39 is 5.97 Å². The van der Waals surface area contributed by atoms with E-state index in [-0.39, 0.29) is 25.0 Å². The van der Waals surface area contributed by atoms with E-state index in [0.717, 1.165) is 4.47 Å². The molecule has 7 heteroatoms. The summed E-state index contributed by atoms with van der Waals surface area (Å²) in [6, 6.07) is 5.04. The molecule has 1 atom stereocenters. The number of carboxylic acids is 1. The van der Waals surface area contributed by atoms with Crippen molar-refractivity contribution >= 4 is 39.4 Å². The molecule has 0 saturated heterocycles. The van der Waals surface area contributed by atoms with E-state index in [9.17, 15) is 9.59 Å². The van der Waals surface area contributed by atoms with Gasteiger partial charge in [-0.05, 0) is 38.0 Å². The Morgan fingerprint density at radius 2 is 2.19 bits per heavy atom. The van der Waals surface area contributed by atoms with E-state index >= 15 is 0 Å². The second kappa shape index (κ2) is 8.89. The van der Waals surface area contributed by atoms with Gasteiger partial charge >= 0.3 is 5.97 Å². The fourth-order valence-electron chi connectivity index (χ4n) is 1.68. The van der Waals surface area contributed by atoms with E-state index in [1.54, 1.807) is 18.2 Å². The van der Waals surface area contributed by atoms with E-state index in [1.807, 2.05) is 6.92 Å². The SMILES string of the molecule is CC(CCCC(=O)O)NC(=O)COc1ccc(Br)cc1Cl. The highest BCUT2D eigenvalue weighted by molar-refractivity contribution is 9.10. The van der Waals surface area contributed by atoms with Gasteiger partial charge in [0.2, 0.25) is 0 Å². The lowest BCUT2D eigenvalue weighted by molar-refractivity contribution is -0.137. The van der Waals surface area contributed by atoms with Gasteiger partial charge in [0, 0.05) is 16.9 Å². The third kappa shape index (κ3) is 7.34. The van der Waals surface area contributed by atoms with Crippen LogP contribution in [0.25, 0.3) is 0 Å². The highest BCUT2D eigenvalue weighted by Crippen LogP contribution is 2.27. The van der Waals surface area contributed by atoms with E-state index in [2.05, 4.69) is 21.2 Å². The van der Waals surface area contributed by atoms with Gasteiger partial charge < -0.3 is 15.2 Å². The first-order valence-electron chi connectivity index (χ1n) is 6.47. The van der Waals surface area contributed by atoms with Crippen molar-refractivity contribution in [2.24, 2.45) is 0 Å². The number of hydrogen-bond donors (Lipinski definition) is 2. The van der Waals surface area contributed by atoms with Gasteiger partial charge in [0.05, 0.1) is 5.02 Å². The first-order chi connectivity index (χ1) is 9.88. The van der Waals surface area contributed by atoms with Gasteiger partial charge in [-0.15, -0.1) is 0 Å². The summed E-state index contributed by atoms with van der Waals surface area (Å²) in [7, 11) is 0. The topological polar surface area (TPSA) is 75.6 Å². The quantitative estimate of drug-likeness (QED) is 0.728. The maximum absolute atomic E-state index is 11.7. The number of aliphatic carboxylic acids is 1. The number of nitrogens with one attached hydrogen (secondary N) is 1. The molecular weight excluding hydrogens is 362 g/mol. The van der Waals surface area contributed by atoms with Gasteiger partial charge in [-0.2, -0.15) is 0 Å². The average Bonchev–Trinajstić information content (AvgIpc) is 2.37. The molecule has 0 saturated carbocycles. The van der Waals surface area contributed by atoms with Crippen molar-refractivity contribution in [3.05, 3.63) is 27.7 Å². The van der Waals surface area contributed by atoms with Crippen LogP contribution < -0.4 is 10.1 Å². The van der Waals surface area contributed by atoms with Crippen LogP contribution in [0.1, 0.15) is 26.2 Å². The van der Waals surface area contributed by atoms with Crippen LogP contribution in [-0.2, 0) is 9.59 Å². The molecule has 0 fully saturated rings. The molecular formula is C14H17BrClNO4. The molecule has 0 aromatic heterocycles. The number of carbonyl (C=O) groups is 2. The normalized spacial score (nSPS) is 11.8. The van der Waals surface area contributed by atoms with Gasteiger partial charge in [0.1, 0.15) is 5.75 Å². The lowest BCUT2D eigenvalue weighted by Gasteiger charge is -2.14. The van der Waals surface area contributed by atoms with Crippen LogP contribution >= 0.6 is 27.5 Å². The van der Waals surface area contributed by atoms with Crippen molar-refractivity contribution in [2.75, 3.05) is 6.61 Å². The summed E-state index contributed by atoms with van der Waals surface area (Å²) in [5.74, 6) is -0.660.